The van der Waals surface area contributed by atoms with E-state index in [1.165, 1.54) is 41.7 Å². The Morgan fingerprint density at radius 2 is 1.63 bits per heavy atom. The third-order valence-electron chi connectivity index (χ3n) is 6.43. The van der Waals surface area contributed by atoms with Crippen molar-refractivity contribution >= 4 is 34.0 Å². The van der Waals surface area contributed by atoms with Crippen molar-refractivity contribution in [2.24, 2.45) is 5.92 Å². The van der Waals surface area contributed by atoms with E-state index < -0.39 is 0 Å². The van der Waals surface area contributed by atoms with Crippen molar-refractivity contribution in [1.82, 2.24) is 15.1 Å². The SMILES string of the molecule is O=C(Nc1nnc(-c2ccc(Cl)cc2)s1)c1ccc(CN2CCC(Cc3ccccc3)CC2)cc1. The van der Waals surface area contributed by atoms with Gasteiger partial charge in [-0.1, -0.05) is 77.5 Å². The molecule has 0 radical (unpaired) electrons. The van der Waals surface area contributed by atoms with Crippen LogP contribution < -0.4 is 5.32 Å². The average Bonchev–Trinajstić information content (AvgIpc) is 3.35. The number of nitrogens with one attached hydrogen (secondary N) is 1. The van der Waals surface area contributed by atoms with E-state index in [0.29, 0.717) is 15.7 Å². The second kappa shape index (κ2) is 11.1. The topological polar surface area (TPSA) is 58.1 Å². The van der Waals surface area contributed by atoms with E-state index in [9.17, 15) is 4.79 Å². The first-order valence-corrected chi connectivity index (χ1v) is 13.1. The van der Waals surface area contributed by atoms with Crippen molar-refractivity contribution in [1.29, 1.82) is 0 Å². The molecule has 5 rings (SSSR count). The summed E-state index contributed by atoms with van der Waals surface area (Å²) in [5, 5.41) is 13.0. The lowest BCUT2D eigenvalue weighted by atomic mass is 9.90. The zero-order valence-corrected chi connectivity index (χ0v) is 20.9. The summed E-state index contributed by atoms with van der Waals surface area (Å²) in [4.78, 5) is 15.2. The van der Waals surface area contributed by atoms with Gasteiger partial charge in [-0.15, -0.1) is 10.2 Å². The maximum atomic E-state index is 12.7. The number of hydrogen-bond donors (Lipinski definition) is 1. The lowest BCUT2D eigenvalue weighted by Crippen LogP contribution is -2.33. The molecule has 1 amide bonds. The summed E-state index contributed by atoms with van der Waals surface area (Å²) in [6, 6.07) is 26.0. The zero-order valence-electron chi connectivity index (χ0n) is 19.4. The highest BCUT2D eigenvalue weighted by Gasteiger charge is 2.20. The first kappa shape index (κ1) is 23.7. The molecule has 2 heterocycles. The summed E-state index contributed by atoms with van der Waals surface area (Å²) in [6.07, 6.45) is 3.64. The van der Waals surface area contributed by atoms with Gasteiger partial charge in [0.1, 0.15) is 5.01 Å². The maximum Gasteiger partial charge on any atom is 0.257 e. The standard InChI is InChI=1S/C28H27ClN4OS/c29-25-12-10-24(11-13-25)27-31-32-28(35-27)30-26(34)23-8-6-22(7-9-23)19-33-16-14-21(15-17-33)18-20-4-2-1-3-5-20/h1-13,21H,14-19H2,(H,30,32,34). The minimum Gasteiger partial charge on any atom is -0.299 e. The predicted octanol–water partition coefficient (Wildman–Crippen LogP) is 6.57. The molecule has 3 aromatic carbocycles. The number of nitrogens with zero attached hydrogens (tertiary/aromatic N) is 3. The number of anilines is 1. The van der Waals surface area contributed by atoms with Gasteiger partial charge in [-0.2, -0.15) is 0 Å². The van der Waals surface area contributed by atoms with Crippen molar-refractivity contribution in [3.8, 4) is 10.6 Å². The second-order valence-electron chi connectivity index (χ2n) is 8.98. The van der Waals surface area contributed by atoms with Gasteiger partial charge in [-0.25, -0.2) is 0 Å². The van der Waals surface area contributed by atoms with Gasteiger partial charge >= 0.3 is 0 Å². The third-order valence-corrected chi connectivity index (χ3v) is 7.57. The van der Waals surface area contributed by atoms with Gasteiger partial charge in [0.2, 0.25) is 5.13 Å². The average molecular weight is 503 g/mol. The lowest BCUT2D eigenvalue weighted by molar-refractivity contribution is 0.102. The molecule has 7 heteroatoms. The minimum atomic E-state index is -0.183. The highest BCUT2D eigenvalue weighted by molar-refractivity contribution is 7.18. The molecule has 1 N–H and O–H groups in total. The molecule has 0 atom stereocenters. The number of carbonyl (C=O) groups excluding carboxylic acids is 1. The smallest absolute Gasteiger partial charge is 0.257 e. The molecule has 1 aliphatic heterocycles. The highest BCUT2D eigenvalue weighted by atomic mass is 35.5. The Morgan fingerprint density at radius 3 is 2.34 bits per heavy atom. The predicted molar refractivity (Wildman–Crippen MR) is 143 cm³/mol. The molecule has 1 aromatic heterocycles. The Morgan fingerprint density at radius 1 is 0.914 bits per heavy atom. The van der Waals surface area contributed by atoms with E-state index >= 15 is 0 Å². The van der Waals surface area contributed by atoms with Crippen LogP contribution in [0.4, 0.5) is 5.13 Å². The van der Waals surface area contributed by atoms with E-state index in [-0.39, 0.29) is 5.91 Å². The van der Waals surface area contributed by atoms with Crippen LogP contribution in [-0.2, 0) is 13.0 Å². The van der Waals surface area contributed by atoms with Crippen LogP contribution in [0.1, 0.15) is 34.3 Å². The fourth-order valence-corrected chi connectivity index (χ4v) is 5.34. The molecule has 35 heavy (non-hydrogen) atoms. The molecule has 0 bridgehead atoms. The molecule has 1 aliphatic rings. The molecule has 0 aliphatic carbocycles. The second-order valence-corrected chi connectivity index (χ2v) is 10.4. The van der Waals surface area contributed by atoms with E-state index in [1.54, 1.807) is 0 Å². The van der Waals surface area contributed by atoms with Crippen LogP contribution >= 0.6 is 22.9 Å². The van der Waals surface area contributed by atoms with E-state index in [2.05, 4.69) is 50.7 Å². The van der Waals surface area contributed by atoms with Gasteiger partial charge in [0.05, 0.1) is 0 Å². The van der Waals surface area contributed by atoms with Crippen LogP contribution in [0.2, 0.25) is 5.02 Å². The first-order valence-electron chi connectivity index (χ1n) is 11.9. The third kappa shape index (κ3) is 6.34. The Labute approximate surface area is 214 Å². The van der Waals surface area contributed by atoms with Gasteiger partial charge in [-0.3, -0.25) is 15.0 Å². The maximum absolute atomic E-state index is 12.7. The number of benzene rings is 3. The number of amides is 1. The van der Waals surface area contributed by atoms with Crippen LogP contribution in [0.3, 0.4) is 0 Å². The van der Waals surface area contributed by atoms with E-state index in [0.717, 1.165) is 36.1 Å². The molecule has 0 saturated carbocycles. The molecule has 4 aromatic rings. The molecular formula is C28H27ClN4OS. The molecule has 1 fully saturated rings. The molecule has 5 nitrogen and oxygen atoms in total. The van der Waals surface area contributed by atoms with Gasteiger partial charge in [0, 0.05) is 22.7 Å². The fraction of sp³-hybridized carbons (Fsp3) is 0.250. The molecular weight excluding hydrogens is 476 g/mol. The van der Waals surface area contributed by atoms with Crippen molar-refractivity contribution in [3.63, 3.8) is 0 Å². The Kier molecular flexibility index (Phi) is 7.52. The molecule has 0 unspecified atom stereocenters. The summed E-state index contributed by atoms with van der Waals surface area (Å²) in [6.45, 7) is 3.15. The quantitative estimate of drug-likeness (QED) is 0.310. The van der Waals surface area contributed by atoms with Crippen molar-refractivity contribution in [3.05, 3.63) is 101 Å². The number of rotatable bonds is 7. The largest absolute Gasteiger partial charge is 0.299 e. The molecule has 1 saturated heterocycles. The Bertz CT molecular complexity index is 1250. The number of carbonyl (C=O) groups is 1. The molecule has 178 valence electrons. The zero-order chi connectivity index (χ0) is 24.0. The number of halogens is 1. The first-order chi connectivity index (χ1) is 17.1. The van der Waals surface area contributed by atoms with Crippen LogP contribution in [0.25, 0.3) is 10.6 Å². The Hall–Kier alpha value is -3.06. The number of hydrogen-bond acceptors (Lipinski definition) is 5. The fourth-order valence-electron chi connectivity index (χ4n) is 4.47. The summed E-state index contributed by atoms with van der Waals surface area (Å²) >= 11 is 7.29. The number of likely N-dealkylation sites (tertiary alicyclic amines) is 1. The van der Waals surface area contributed by atoms with Crippen LogP contribution in [0.15, 0.2) is 78.9 Å². The monoisotopic (exact) mass is 502 g/mol. The summed E-state index contributed by atoms with van der Waals surface area (Å²) in [5.74, 6) is 0.581. The van der Waals surface area contributed by atoms with Crippen molar-refractivity contribution in [2.45, 2.75) is 25.8 Å². The van der Waals surface area contributed by atoms with Gasteiger partial charge in [0.15, 0.2) is 0 Å². The number of piperidine rings is 1. The van der Waals surface area contributed by atoms with Gasteiger partial charge < -0.3 is 0 Å². The van der Waals surface area contributed by atoms with Crippen LogP contribution in [0, 0.1) is 5.92 Å². The van der Waals surface area contributed by atoms with Crippen LogP contribution in [-0.4, -0.2) is 34.1 Å². The van der Waals surface area contributed by atoms with E-state index in [4.69, 9.17) is 11.6 Å². The normalized spacial score (nSPS) is 14.7. The molecule has 0 spiro atoms. The lowest BCUT2D eigenvalue weighted by Gasteiger charge is -2.32. The van der Waals surface area contributed by atoms with Crippen molar-refractivity contribution in [2.75, 3.05) is 18.4 Å². The van der Waals surface area contributed by atoms with E-state index in [1.807, 2.05) is 48.5 Å². The van der Waals surface area contributed by atoms with Crippen molar-refractivity contribution < 1.29 is 4.79 Å². The van der Waals surface area contributed by atoms with Crippen LogP contribution in [0.5, 0.6) is 0 Å². The van der Waals surface area contributed by atoms with Gasteiger partial charge in [0.25, 0.3) is 5.91 Å². The number of aromatic nitrogens is 2. The Balaban J connectivity index is 1.11. The highest BCUT2D eigenvalue weighted by Crippen LogP contribution is 2.28. The summed E-state index contributed by atoms with van der Waals surface area (Å²) in [7, 11) is 0. The summed E-state index contributed by atoms with van der Waals surface area (Å²) < 4.78 is 0. The summed E-state index contributed by atoms with van der Waals surface area (Å²) in [5.41, 5.74) is 4.19. The van der Waals surface area contributed by atoms with Gasteiger partial charge in [-0.05, 0) is 73.7 Å². The minimum absolute atomic E-state index is 0.183.